The van der Waals surface area contributed by atoms with Crippen molar-refractivity contribution in [3.63, 3.8) is 0 Å². The smallest absolute Gasteiger partial charge is 0.218 e. The van der Waals surface area contributed by atoms with Crippen molar-refractivity contribution in [1.29, 1.82) is 0 Å². The number of aromatic nitrogens is 3. The fourth-order valence-electron chi connectivity index (χ4n) is 1.60. The first-order chi connectivity index (χ1) is 9.43. The molecule has 0 bridgehead atoms. The molecule has 1 aromatic rings. The molecule has 0 aliphatic rings. The molecule has 1 amide bonds. The molecule has 1 heterocycles. The zero-order valence-electron chi connectivity index (χ0n) is 11.4. The fraction of sp³-hybridized carbons (Fsp3) is 0.727. The Hall–Kier alpha value is -1.48. The number of amides is 1. The maximum atomic E-state index is 11.6. The second-order valence-electron chi connectivity index (χ2n) is 4.59. The van der Waals surface area contributed by atoms with Gasteiger partial charge in [0.25, 0.3) is 0 Å². The van der Waals surface area contributed by atoms with E-state index in [1.807, 2.05) is 0 Å². The third-order valence-corrected chi connectivity index (χ3v) is 4.39. The lowest BCUT2D eigenvalue weighted by Crippen LogP contribution is -2.21. The highest BCUT2D eigenvalue weighted by Gasteiger charge is 2.13. The summed E-state index contributed by atoms with van der Waals surface area (Å²) in [5, 5.41) is 7.84. The lowest BCUT2D eigenvalue weighted by molar-refractivity contribution is -0.117. The van der Waals surface area contributed by atoms with E-state index in [2.05, 4.69) is 10.3 Å². The molecule has 0 unspecified atom stereocenters. The Kier molecular flexibility index (Phi) is 6.59. The van der Waals surface area contributed by atoms with Crippen LogP contribution in [-0.4, -0.2) is 47.4 Å². The third-order valence-electron chi connectivity index (χ3n) is 2.76. The highest BCUT2D eigenvalue weighted by Crippen LogP contribution is 2.01. The van der Waals surface area contributed by atoms with Gasteiger partial charge < -0.3 is 11.5 Å². The number of hydrogen-bond acceptors (Lipinski definition) is 6. The second-order valence-corrected chi connectivity index (χ2v) is 6.89. The summed E-state index contributed by atoms with van der Waals surface area (Å²) in [5.74, 6) is -0.914. The summed E-state index contributed by atoms with van der Waals surface area (Å²) in [5.41, 5.74) is 11.2. The predicted octanol–water partition coefficient (Wildman–Crippen LogP) is -1.15. The molecule has 20 heavy (non-hydrogen) atoms. The molecule has 0 aliphatic carbocycles. The Morgan fingerprint density at radius 1 is 1.30 bits per heavy atom. The van der Waals surface area contributed by atoms with E-state index in [-0.39, 0.29) is 24.5 Å². The number of nitrogens with zero attached hydrogens (tertiary/aromatic N) is 3. The summed E-state index contributed by atoms with van der Waals surface area (Å²) in [6, 6.07) is 0. The van der Waals surface area contributed by atoms with E-state index in [1.54, 1.807) is 6.20 Å². The van der Waals surface area contributed by atoms with Crippen LogP contribution in [0.15, 0.2) is 6.20 Å². The van der Waals surface area contributed by atoms with E-state index >= 15 is 0 Å². The molecular weight excluding hydrogens is 282 g/mol. The Morgan fingerprint density at radius 3 is 2.70 bits per heavy atom. The zero-order chi connectivity index (χ0) is 15.0. The van der Waals surface area contributed by atoms with Crippen LogP contribution in [0.5, 0.6) is 0 Å². The van der Waals surface area contributed by atoms with Gasteiger partial charge in [-0.25, -0.2) is 8.42 Å². The summed E-state index contributed by atoms with van der Waals surface area (Å²) in [4.78, 5) is 10.6. The van der Waals surface area contributed by atoms with Crippen molar-refractivity contribution in [3.8, 4) is 0 Å². The summed E-state index contributed by atoms with van der Waals surface area (Å²) >= 11 is 0. The average molecular weight is 303 g/mol. The molecule has 1 rings (SSSR count). The molecule has 0 saturated heterocycles. The van der Waals surface area contributed by atoms with Crippen LogP contribution in [0.4, 0.5) is 0 Å². The van der Waals surface area contributed by atoms with Crippen LogP contribution < -0.4 is 11.5 Å². The van der Waals surface area contributed by atoms with Crippen LogP contribution in [0.1, 0.15) is 25.0 Å². The molecule has 0 aliphatic heterocycles. The topological polar surface area (TPSA) is 134 Å². The molecule has 8 nitrogen and oxygen atoms in total. The van der Waals surface area contributed by atoms with Crippen LogP contribution in [0, 0.1) is 0 Å². The second kappa shape index (κ2) is 7.95. The maximum absolute atomic E-state index is 11.6. The maximum Gasteiger partial charge on any atom is 0.218 e. The number of unbranched alkanes of at least 4 members (excludes halogenated alkanes) is 1. The average Bonchev–Trinajstić information content (AvgIpc) is 2.83. The van der Waals surface area contributed by atoms with Crippen molar-refractivity contribution in [2.45, 2.75) is 32.2 Å². The van der Waals surface area contributed by atoms with Gasteiger partial charge in [-0.15, -0.1) is 5.10 Å². The Labute approximate surface area is 118 Å². The van der Waals surface area contributed by atoms with Crippen molar-refractivity contribution in [3.05, 3.63) is 11.9 Å². The lowest BCUT2D eigenvalue weighted by atomic mass is 10.2. The molecule has 0 radical (unpaired) electrons. The Bertz CT molecular complexity index is 526. The highest BCUT2D eigenvalue weighted by molar-refractivity contribution is 7.91. The Morgan fingerprint density at radius 2 is 2.05 bits per heavy atom. The van der Waals surface area contributed by atoms with Crippen LogP contribution >= 0.6 is 0 Å². The summed E-state index contributed by atoms with van der Waals surface area (Å²) in [6.45, 7) is 0.872. The van der Waals surface area contributed by atoms with Gasteiger partial charge in [0.1, 0.15) is 0 Å². The fourth-order valence-corrected chi connectivity index (χ4v) is 2.79. The molecule has 0 aromatic carbocycles. The van der Waals surface area contributed by atoms with Gasteiger partial charge in [0.15, 0.2) is 9.84 Å². The molecule has 9 heteroatoms. The molecule has 0 fully saturated rings. The monoisotopic (exact) mass is 303 g/mol. The van der Waals surface area contributed by atoms with Gasteiger partial charge in [-0.05, 0) is 25.8 Å². The number of sulfone groups is 1. The zero-order valence-corrected chi connectivity index (χ0v) is 12.2. The van der Waals surface area contributed by atoms with Crippen molar-refractivity contribution < 1.29 is 13.2 Å². The van der Waals surface area contributed by atoms with Gasteiger partial charge in [0.2, 0.25) is 5.91 Å². The van der Waals surface area contributed by atoms with Crippen molar-refractivity contribution >= 4 is 15.7 Å². The number of hydrogen-bond donors (Lipinski definition) is 2. The van der Waals surface area contributed by atoms with Gasteiger partial charge in [0.05, 0.1) is 23.7 Å². The number of primary amides is 1. The van der Waals surface area contributed by atoms with Gasteiger partial charge in [-0.2, -0.15) is 0 Å². The van der Waals surface area contributed by atoms with Gasteiger partial charge >= 0.3 is 0 Å². The van der Waals surface area contributed by atoms with Crippen LogP contribution in [0.2, 0.25) is 0 Å². The third kappa shape index (κ3) is 6.62. The number of carbonyl (C=O) groups is 1. The normalized spacial score (nSPS) is 11.7. The number of aryl methyl sites for hydroxylation is 2. The molecule has 4 N–H and O–H groups in total. The highest BCUT2D eigenvalue weighted by atomic mass is 32.2. The summed E-state index contributed by atoms with van der Waals surface area (Å²) < 4.78 is 24.8. The van der Waals surface area contributed by atoms with Crippen molar-refractivity contribution in [1.82, 2.24) is 15.0 Å². The van der Waals surface area contributed by atoms with Crippen molar-refractivity contribution in [2.24, 2.45) is 11.5 Å². The van der Waals surface area contributed by atoms with Gasteiger partial charge in [0, 0.05) is 12.6 Å². The molecule has 0 saturated carbocycles. The number of rotatable bonds is 10. The van der Waals surface area contributed by atoms with Crippen LogP contribution in [-0.2, 0) is 27.6 Å². The van der Waals surface area contributed by atoms with Gasteiger partial charge in [-0.3, -0.25) is 9.48 Å². The minimum absolute atomic E-state index is 0.0775. The van der Waals surface area contributed by atoms with E-state index in [4.69, 9.17) is 11.5 Å². The van der Waals surface area contributed by atoms with E-state index < -0.39 is 15.7 Å². The first-order valence-electron chi connectivity index (χ1n) is 6.51. The lowest BCUT2D eigenvalue weighted by Gasteiger charge is -2.02. The SMILES string of the molecule is NCCCCc1cn(CCS(=O)(=O)CCC(N)=O)nn1. The van der Waals surface area contributed by atoms with E-state index in [1.165, 1.54) is 4.68 Å². The molecule has 114 valence electrons. The minimum atomic E-state index is -3.29. The standard InChI is InChI=1S/C11H21N5O3S/c12-5-2-1-3-10-9-16(15-14-10)6-8-20(18,19)7-4-11(13)17/h9H,1-8,12H2,(H2,13,17). The summed E-state index contributed by atoms with van der Waals surface area (Å²) in [7, 11) is -3.29. The van der Waals surface area contributed by atoms with E-state index in [0.29, 0.717) is 6.54 Å². The predicted molar refractivity (Wildman–Crippen MR) is 74.5 cm³/mol. The van der Waals surface area contributed by atoms with Crippen molar-refractivity contribution in [2.75, 3.05) is 18.1 Å². The number of nitrogens with two attached hydrogens (primary N) is 2. The molecule has 0 spiro atoms. The first-order valence-corrected chi connectivity index (χ1v) is 8.33. The first kappa shape index (κ1) is 16.6. The molecule has 0 atom stereocenters. The summed E-state index contributed by atoms with van der Waals surface area (Å²) in [6.07, 6.45) is 4.23. The van der Waals surface area contributed by atoms with E-state index in [9.17, 15) is 13.2 Å². The molecular formula is C11H21N5O3S. The van der Waals surface area contributed by atoms with Gasteiger partial charge in [-0.1, -0.05) is 5.21 Å². The van der Waals surface area contributed by atoms with E-state index in [0.717, 1.165) is 25.0 Å². The number of carbonyl (C=O) groups excluding carboxylic acids is 1. The minimum Gasteiger partial charge on any atom is -0.370 e. The Balaban J connectivity index is 2.39. The largest absolute Gasteiger partial charge is 0.370 e. The quantitative estimate of drug-likeness (QED) is 0.524. The molecule has 1 aromatic heterocycles. The van der Waals surface area contributed by atoms with Crippen LogP contribution in [0.25, 0.3) is 0 Å². The van der Waals surface area contributed by atoms with Crippen LogP contribution in [0.3, 0.4) is 0 Å².